The summed E-state index contributed by atoms with van der Waals surface area (Å²) in [6.45, 7) is 4.18. The van der Waals surface area contributed by atoms with Gasteiger partial charge in [-0.3, -0.25) is 9.78 Å². The van der Waals surface area contributed by atoms with Crippen LogP contribution < -0.4 is 15.8 Å². The fourth-order valence-electron chi connectivity index (χ4n) is 3.81. The van der Waals surface area contributed by atoms with Crippen molar-refractivity contribution >= 4 is 17.2 Å². The summed E-state index contributed by atoms with van der Waals surface area (Å²) in [5.74, 6) is 0.802. The maximum atomic E-state index is 12.2. The molecule has 5 heterocycles. The van der Waals surface area contributed by atoms with Crippen molar-refractivity contribution in [1.29, 1.82) is 0 Å². The van der Waals surface area contributed by atoms with Gasteiger partial charge in [0.1, 0.15) is 0 Å². The highest BCUT2D eigenvalue weighted by atomic mass is 16.1. The molecule has 0 aliphatic carbocycles. The van der Waals surface area contributed by atoms with Gasteiger partial charge < -0.3 is 14.8 Å². The van der Waals surface area contributed by atoms with Crippen molar-refractivity contribution in [2.24, 2.45) is 7.05 Å². The van der Waals surface area contributed by atoms with Crippen LogP contribution in [0.4, 0.5) is 11.5 Å². The fraction of sp³-hybridized carbons (Fsp3) is 0.286. The second kappa shape index (κ2) is 7.25. The molecular formula is C21H22N8O. The molecule has 4 aromatic rings. The van der Waals surface area contributed by atoms with E-state index in [1.165, 1.54) is 16.8 Å². The third-order valence-electron chi connectivity index (χ3n) is 5.47. The van der Waals surface area contributed by atoms with Crippen LogP contribution in [0, 0.1) is 6.92 Å². The molecule has 9 heteroatoms. The summed E-state index contributed by atoms with van der Waals surface area (Å²) >= 11 is 0. The van der Waals surface area contributed by atoms with Crippen LogP contribution >= 0.6 is 0 Å². The number of rotatable bonds is 4. The van der Waals surface area contributed by atoms with E-state index in [0.717, 1.165) is 47.0 Å². The summed E-state index contributed by atoms with van der Waals surface area (Å²) in [7, 11) is 1.98. The number of nitrogens with zero attached hydrogens (tertiary/aromatic N) is 7. The third kappa shape index (κ3) is 3.28. The quantitative estimate of drug-likeness (QED) is 0.555. The Labute approximate surface area is 173 Å². The van der Waals surface area contributed by atoms with Crippen molar-refractivity contribution in [3.63, 3.8) is 0 Å². The topological polar surface area (TPSA) is 93.2 Å². The Morgan fingerprint density at radius 3 is 2.93 bits per heavy atom. The van der Waals surface area contributed by atoms with Gasteiger partial charge in [-0.1, -0.05) is 0 Å². The van der Waals surface area contributed by atoms with Gasteiger partial charge in [0.15, 0.2) is 11.5 Å². The van der Waals surface area contributed by atoms with Gasteiger partial charge in [-0.05, 0) is 30.2 Å². The molecule has 9 nitrogen and oxygen atoms in total. The van der Waals surface area contributed by atoms with E-state index < -0.39 is 0 Å². The van der Waals surface area contributed by atoms with Crippen molar-refractivity contribution in [1.82, 2.24) is 29.1 Å². The van der Waals surface area contributed by atoms with Crippen molar-refractivity contribution in [2.45, 2.75) is 26.4 Å². The zero-order valence-electron chi connectivity index (χ0n) is 16.9. The Bertz CT molecular complexity index is 1290. The monoisotopic (exact) mass is 402 g/mol. The number of nitrogens with one attached hydrogen (secondary N) is 1. The lowest BCUT2D eigenvalue weighted by atomic mass is 10.0. The third-order valence-corrected chi connectivity index (χ3v) is 5.47. The summed E-state index contributed by atoms with van der Waals surface area (Å²) in [4.78, 5) is 27.4. The molecule has 152 valence electrons. The molecule has 0 aromatic carbocycles. The number of imidazole rings is 1. The lowest BCUT2D eigenvalue weighted by Crippen LogP contribution is -2.33. The minimum Gasteiger partial charge on any atom is -0.378 e. The van der Waals surface area contributed by atoms with E-state index in [9.17, 15) is 4.79 Å². The van der Waals surface area contributed by atoms with Gasteiger partial charge in [0, 0.05) is 50.7 Å². The first-order chi connectivity index (χ1) is 14.6. The van der Waals surface area contributed by atoms with Crippen LogP contribution in [0.25, 0.3) is 5.65 Å². The van der Waals surface area contributed by atoms with Gasteiger partial charge in [0.05, 0.1) is 30.5 Å². The number of hydrogen-bond acceptors (Lipinski definition) is 7. The molecule has 0 unspecified atom stereocenters. The van der Waals surface area contributed by atoms with E-state index in [2.05, 4.69) is 36.3 Å². The standard InChI is InChI=1S/C21H22N8O/c1-14-7-19-23-5-3-20(30)29(19)26-21(14)28-6-4-18-15(12-28)8-16(9-25-18)24-11-17-10-22-13-27(17)2/h3,5,7-10,13,24H,4,6,11-12H2,1-2H3. The molecule has 5 rings (SSSR count). The van der Waals surface area contributed by atoms with Gasteiger partial charge in [-0.15, -0.1) is 5.10 Å². The first kappa shape index (κ1) is 18.3. The summed E-state index contributed by atoms with van der Waals surface area (Å²) in [5, 5.41) is 8.02. The van der Waals surface area contributed by atoms with Crippen molar-refractivity contribution in [3.8, 4) is 0 Å². The summed E-state index contributed by atoms with van der Waals surface area (Å²) in [6, 6.07) is 5.48. The van der Waals surface area contributed by atoms with E-state index in [-0.39, 0.29) is 5.56 Å². The van der Waals surface area contributed by atoms with Crippen LogP contribution in [0.2, 0.25) is 0 Å². The first-order valence-electron chi connectivity index (χ1n) is 9.86. The molecule has 0 radical (unpaired) electrons. The van der Waals surface area contributed by atoms with Gasteiger partial charge >= 0.3 is 0 Å². The lowest BCUT2D eigenvalue weighted by molar-refractivity contribution is 0.685. The summed E-state index contributed by atoms with van der Waals surface area (Å²) < 4.78 is 3.35. The van der Waals surface area contributed by atoms with Crippen LogP contribution in [0.1, 0.15) is 22.5 Å². The lowest BCUT2D eigenvalue weighted by Gasteiger charge is -2.30. The van der Waals surface area contributed by atoms with Gasteiger partial charge in [-0.2, -0.15) is 4.52 Å². The first-order valence-corrected chi connectivity index (χ1v) is 9.86. The molecule has 0 amide bonds. The molecule has 1 aliphatic heterocycles. The van der Waals surface area contributed by atoms with E-state index in [1.807, 2.05) is 37.0 Å². The van der Waals surface area contributed by atoms with Gasteiger partial charge in [0.25, 0.3) is 5.56 Å². The zero-order chi connectivity index (χ0) is 20.7. The average molecular weight is 402 g/mol. The van der Waals surface area contributed by atoms with Crippen LogP contribution in [0.5, 0.6) is 0 Å². The summed E-state index contributed by atoms with van der Waals surface area (Å²) in [5.41, 5.74) is 5.72. The molecule has 1 aliphatic rings. The largest absolute Gasteiger partial charge is 0.378 e. The number of hydrogen-bond donors (Lipinski definition) is 1. The van der Waals surface area contributed by atoms with Crippen LogP contribution in [0.15, 0.2) is 47.9 Å². The second-order valence-electron chi connectivity index (χ2n) is 7.55. The maximum absolute atomic E-state index is 12.2. The number of fused-ring (bicyclic) bond motifs is 2. The minimum absolute atomic E-state index is 0.179. The van der Waals surface area contributed by atoms with E-state index >= 15 is 0 Å². The highest BCUT2D eigenvalue weighted by Crippen LogP contribution is 2.26. The molecule has 4 aromatic heterocycles. The molecule has 1 N–H and O–H groups in total. The Kier molecular flexibility index (Phi) is 4.42. The highest BCUT2D eigenvalue weighted by molar-refractivity contribution is 5.55. The Morgan fingerprint density at radius 2 is 2.10 bits per heavy atom. The molecule has 0 fully saturated rings. The van der Waals surface area contributed by atoms with Gasteiger partial charge in [0.2, 0.25) is 0 Å². The number of aryl methyl sites for hydroxylation is 2. The van der Waals surface area contributed by atoms with Crippen LogP contribution in [-0.4, -0.2) is 35.7 Å². The van der Waals surface area contributed by atoms with E-state index in [0.29, 0.717) is 18.7 Å². The van der Waals surface area contributed by atoms with E-state index in [1.54, 1.807) is 6.33 Å². The average Bonchev–Trinajstić information content (AvgIpc) is 3.16. The van der Waals surface area contributed by atoms with Crippen molar-refractivity contribution in [2.75, 3.05) is 16.8 Å². The zero-order valence-corrected chi connectivity index (χ0v) is 16.9. The smallest absolute Gasteiger partial charge is 0.274 e. The molecule has 0 spiro atoms. The molecule has 30 heavy (non-hydrogen) atoms. The SMILES string of the molecule is Cc1cc2nccc(=O)n2nc1N1CCc2ncc(NCc3cncn3C)cc2C1. The number of aromatic nitrogens is 6. The molecule has 0 atom stereocenters. The second-order valence-corrected chi connectivity index (χ2v) is 7.55. The predicted octanol–water partition coefficient (Wildman–Crippen LogP) is 1.70. The Balaban J connectivity index is 1.41. The normalized spacial score (nSPS) is 13.5. The van der Waals surface area contributed by atoms with Crippen LogP contribution in [-0.2, 0) is 26.6 Å². The molecule has 0 bridgehead atoms. The molecule has 0 saturated heterocycles. The van der Waals surface area contributed by atoms with Crippen LogP contribution in [0.3, 0.4) is 0 Å². The van der Waals surface area contributed by atoms with Crippen molar-refractivity contribution < 1.29 is 0 Å². The predicted molar refractivity (Wildman–Crippen MR) is 114 cm³/mol. The number of pyridine rings is 1. The van der Waals surface area contributed by atoms with Gasteiger partial charge in [-0.25, -0.2) is 9.97 Å². The maximum Gasteiger partial charge on any atom is 0.274 e. The summed E-state index contributed by atoms with van der Waals surface area (Å²) in [6.07, 6.45) is 7.88. The highest BCUT2D eigenvalue weighted by Gasteiger charge is 2.21. The molecule has 0 saturated carbocycles. The Morgan fingerprint density at radius 1 is 1.20 bits per heavy atom. The fourth-order valence-corrected chi connectivity index (χ4v) is 3.81. The van der Waals surface area contributed by atoms with Crippen molar-refractivity contribution in [3.05, 3.63) is 76.0 Å². The molecular weight excluding hydrogens is 380 g/mol. The number of anilines is 2. The van der Waals surface area contributed by atoms with E-state index in [4.69, 9.17) is 0 Å². The minimum atomic E-state index is -0.179. The Hall–Kier alpha value is -3.75.